The van der Waals surface area contributed by atoms with E-state index >= 15 is 0 Å². The van der Waals surface area contributed by atoms with Crippen LogP contribution in [0.25, 0.3) is 0 Å². The minimum atomic E-state index is -1.17. The van der Waals surface area contributed by atoms with E-state index in [2.05, 4.69) is 0 Å². The molecule has 0 aliphatic carbocycles. The second-order valence-corrected chi connectivity index (χ2v) is 4.38. The topological polar surface area (TPSA) is 72.8 Å². The second kappa shape index (κ2) is 8.81. The quantitative estimate of drug-likeness (QED) is 0.464. The zero-order chi connectivity index (χ0) is 15.7. The van der Waals surface area contributed by atoms with Crippen molar-refractivity contribution >= 4 is 23.5 Å². The summed E-state index contributed by atoms with van der Waals surface area (Å²) in [6.45, 7) is 0. The number of allylic oxidation sites excluding steroid dienone is 6. The first-order chi connectivity index (χ1) is 10.0. The van der Waals surface area contributed by atoms with E-state index in [0.29, 0.717) is 12.2 Å². The molecule has 6 heteroatoms. The number of aliphatic carboxylic acids is 1. The Morgan fingerprint density at radius 3 is 2.71 bits per heavy atom. The van der Waals surface area contributed by atoms with Gasteiger partial charge in [-0.25, -0.2) is 9.59 Å². The summed E-state index contributed by atoms with van der Waals surface area (Å²) < 4.78 is 10.1. The smallest absolute Gasteiger partial charge is 0.347 e. The molecule has 0 amide bonds. The average molecular weight is 311 g/mol. The van der Waals surface area contributed by atoms with Gasteiger partial charge >= 0.3 is 11.9 Å². The summed E-state index contributed by atoms with van der Waals surface area (Å²) in [5, 5.41) is 8.25. The number of cyclic esters (lactones) is 1. The van der Waals surface area contributed by atoms with Crippen LogP contribution in [-0.4, -0.2) is 30.3 Å². The van der Waals surface area contributed by atoms with Crippen molar-refractivity contribution in [3.05, 3.63) is 59.4 Å². The molecule has 5 nitrogen and oxygen atoms in total. The Bertz CT molecular complexity index is 540. The summed E-state index contributed by atoms with van der Waals surface area (Å²) in [5.74, 6) is -1.02. The van der Waals surface area contributed by atoms with Crippen LogP contribution in [0, 0.1) is 0 Å². The van der Waals surface area contributed by atoms with E-state index in [-0.39, 0.29) is 11.1 Å². The average Bonchev–Trinajstić information content (AvgIpc) is 2.45. The number of ether oxygens (including phenoxy) is 2. The van der Waals surface area contributed by atoms with Crippen LogP contribution < -0.4 is 0 Å². The molecule has 0 aromatic heterocycles. The number of carbonyl (C=O) groups is 2. The van der Waals surface area contributed by atoms with E-state index in [9.17, 15) is 9.59 Å². The Labute approximate surface area is 127 Å². The number of esters is 1. The number of halogens is 1. The molecule has 0 spiro atoms. The van der Waals surface area contributed by atoms with Gasteiger partial charge < -0.3 is 14.6 Å². The molecule has 0 saturated carbocycles. The lowest BCUT2D eigenvalue weighted by Gasteiger charge is -2.19. The van der Waals surface area contributed by atoms with E-state index < -0.39 is 11.9 Å². The van der Waals surface area contributed by atoms with Gasteiger partial charge in [0.1, 0.15) is 16.9 Å². The summed E-state index contributed by atoms with van der Waals surface area (Å²) in [4.78, 5) is 21.6. The van der Waals surface area contributed by atoms with E-state index in [0.717, 1.165) is 0 Å². The Balaban J connectivity index is 2.45. The highest BCUT2D eigenvalue weighted by Crippen LogP contribution is 2.16. The first-order valence-electron chi connectivity index (χ1n) is 6.08. The van der Waals surface area contributed by atoms with Crippen molar-refractivity contribution in [1.29, 1.82) is 0 Å². The summed E-state index contributed by atoms with van der Waals surface area (Å²) in [6, 6.07) is 0. The first-order valence-corrected chi connectivity index (χ1v) is 6.46. The lowest BCUT2D eigenvalue weighted by molar-refractivity contribution is -0.142. The Kier molecular flexibility index (Phi) is 7.04. The van der Waals surface area contributed by atoms with Crippen molar-refractivity contribution in [2.45, 2.75) is 12.5 Å². The van der Waals surface area contributed by atoms with Crippen LogP contribution in [0.4, 0.5) is 0 Å². The van der Waals surface area contributed by atoms with E-state index in [1.165, 1.54) is 25.3 Å². The van der Waals surface area contributed by atoms with Gasteiger partial charge in [-0.05, 0) is 12.2 Å². The molecule has 1 atom stereocenters. The molecule has 21 heavy (non-hydrogen) atoms. The van der Waals surface area contributed by atoms with Gasteiger partial charge in [0, 0.05) is 6.42 Å². The Morgan fingerprint density at radius 2 is 2.05 bits per heavy atom. The number of hydrogen-bond acceptors (Lipinski definition) is 4. The van der Waals surface area contributed by atoms with Crippen LogP contribution in [0.15, 0.2) is 59.4 Å². The highest BCUT2D eigenvalue weighted by molar-refractivity contribution is 6.41. The largest absolute Gasteiger partial charge is 0.501 e. The standard InChI is InChI=1S/C15H15ClO5/c1-20-12-9-11(21-14(17)10-12)7-5-3-2-4-6-8-13(16)15(18)19/h2-8,10-11H,9H2,1H3,(H,18,19)/b3-2+,6-4+,7-5+,13-8-/t11-/m0/s1. The fourth-order valence-corrected chi connectivity index (χ4v) is 1.53. The molecule has 1 heterocycles. The molecule has 0 aromatic rings. The van der Waals surface area contributed by atoms with E-state index in [4.69, 9.17) is 26.2 Å². The van der Waals surface area contributed by atoms with Crippen molar-refractivity contribution in [3.8, 4) is 0 Å². The molecule has 0 bridgehead atoms. The number of carboxylic acid groups (broad SMARTS) is 1. The minimum absolute atomic E-state index is 0.261. The van der Waals surface area contributed by atoms with E-state index in [1.54, 1.807) is 30.4 Å². The molecule has 0 saturated heterocycles. The lowest BCUT2D eigenvalue weighted by atomic mass is 10.1. The van der Waals surface area contributed by atoms with Crippen molar-refractivity contribution in [2.75, 3.05) is 7.11 Å². The molecule has 1 N–H and O–H groups in total. The van der Waals surface area contributed by atoms with Crippen molar-refractivity contribution in [3.63, 3.8) is 0 Å². The maximum atomic E-state index is 11.2. The molecule has 0 unspecified atom stereocenters. The number of hydrogen-bond donors (Lipinski definition) is 1. The fourth-order valence-electron chi connectivity index (χ4n) is 1.45. The number of carbonyl (C=O) groups excluding carboxylic acids is 1. The van der Waals surface area contributed by atoms with Crippen LogP contribution in [0.5, 0.6) is 0 Å². The maximum absolute atomic E-state index is 11.2. The zero-order valence-corrected chi connectivity index (χ0v) is 12.1. The molecule has 1 rings (SSSR count). The molecular formula is C15H15ClO5. The summed E-state index contributed by atoms with van der Waals surface area (Å²) in [5.41, 5.74) is 0. The monoisotopic (exact) mass is 310 g/mol. The zero-order valence-electron chi connectivity index (χ0n) is 11.4. The van der Waals surface area contributed by atoms with Gasteiger partial charge in [0.2, 0.25) is 0 Å². The molecule has 1 aliphatic rings. The normalized spacial score (nSPS) is 20.1. The van der Waals surface area contributed by atoms with Crippen LogP contribution in [-0.2, 0) is 19.1 Å². The summed E-state index contributed by atoms with van der Waals surface area (Å²) >= 11 is 5.41. The fraction of sp³-hybridized carbons (Fsp3) is 0.200. The van der Waals surface area contributed by atoms with Gasteiger partial charge in [0.15, 0.2) is 0 Å². The highest BCUT2D eigenvalue weighted by atomic mass is 35.5. The van der Waals surface area contributed by atoms with Gasteiger partial charge in [0.25, 0.3) is 0 Å². The first kappa shape index (κ1) is 16.8. The molecule has 112 valence electrons. The molecule has 1 aliphatic heterocycles. The lowest BCUT2D eigenvalue weighted by Crippen LogP contribution is -2.21. The predicted octanol–water partition coefficient (Wildman–Crippen LogP) is 2.71. The molecule has 0 aromatic carbocycles. The van der Waals surface area contributed by atoms with Gasteiger partial charge in [-0.2, -0.15) is 0 Å². The third-order valence-electron chi connectivity index (χ3n) is 2.43. The van der Waals surface area contributed by atoms with Crippen molar-refractivity contribution in [1.82, 2.24) is 0 Å². The van der Waals surface area contributed by atoms with Crippen LogP contribution in [0.3, 0.4) is 0 Å². The second-order valence-electron chi connectivity index (χ2n) is 3.97. The number of methoxy groups -OCH3 is 1. The molecule has 0 radical (unpaired) electrons. The van der Waals surface area contributed by atoms with Gasteiger partial charge in [0.05, 0.1) is 13.2 Å². The number of rotatable bonds is 6. The summed E-state index contributed by atoms with van der Waals surface area (Å²) in [6.07, 6.45) is 12.7. The molecule has 0 fully saturated rings. The van der Waals surface area contributed by atoms with Crippen LogP contribution >= 0.6 is 11.6 Å². The Morgan fingerprint density at radius 1 is 1.38 bits per heavy atom. The summed E-state index contributed by atoms with van der Waals surface area (Å²) in [7, 11) is 1.51. The molecular weight excluding hydrogens is 296 g/mol. The number of carboxylic acids is 1. The van der Waals surface area contributed by atoms with Crippen LogP contribution in [0.2, 0.25) is 0 Å². The van der Waals surface area contributed by atoms with Crippen molar-refractivity contribution in [2.24, 2.45) is 0 Å². The van der Waals surface area contributed by atoms with Gasteiger partial charge in [-0.3, -0.25) is 0 Å². The van der Waals surface area contributed by atoms with Crippen LogP contribution in [0.1, 0.15) is 6.42 Å². The van der Waals surface area contributed by atoms with E-state index in [1.807, 2.05) is 0 Å². The third-order valence-corrected chi connectivity index (χ3v) is 2.72. The maximum Gasteiger partial charge on any atom is 0.347 e. The minimum Gasteiger partial charge on any atom is -0.501 e. The van der Waals surface area contributed by atoms with Crippen molar-refractivity contribution < 1.29 is 24.2 Å². The third kappa shape index (κ3) is 6.63. The predicted molar refractivity (Wildman–Crippen MR) is 78.6 cm³/mol. The van der Waals surface area contributed by atoms with Gasteiger partial charge in [-0.1, -0.05) is 42.0 Å². The Hall–Kier alpha value is -2.27. The van der Waals surface area contributed by atoms with Gasteiger partial charge in [-0.15, -0.1) is 0 Å². The highest BCUT2D eigenvalue weighted by Gasteiger charge is 2.19. The SMILES string of the molecule is COC1=CC(=O)O[C@@H](/C=C/C=C/C=C/C=C(\Cl)C(=O)O)C1.